The molecular formula is C17H24N4O2. The van der Waals surface area contributed by atoms with E-state index in [1.807, 2.05) is 12.1 Å². The van der Waals surface area contributed by atoms with Gasteiger partial charge in [0, 0.05) is 25.2 Å². The van der Waals surface area contributed by atoms with Crippen molar-refractivity contribution in [1.82, 2.24) is 5.32 Å². The molecule has 0 atom stereocenters. The van der Waals surface area contributed by atoms with Gasteiger partial charge in [0.05, 0.1) is 43.6 Å². The van der Waals surface area contributed by atoms with Gasteiger partial charge in [0.15, 0.2) is 11.5 Å². The zero-order valence-electron chi connectivity index (χ0n) is 13.8. The molecule has 2 aliphatic heterocycles. The van der Waals surface area contributed by atoms with E-state index >= 15 is 0 Å². The van der Waals surface area contributed by atoms with Crippen molar-refractivity contribution in [1.29, 1.82) is 5.26 Å². The highest BCUT2D eigenvalue weighted by atomic mass is 16.5. The topological polar surface area (TPSA) is 69.5 Å². The maximum absolute atomic E-state index is 8.98. The largest absolute Gasteiger partial charge is 0.493 e. The van der Waals surface area contributed by atoms with E-state index < -0.39 is 0 Å². The summed E-state index contributed by atoms with van der Waals surface area (Å²) in [5, 5.41) is 16.2. The van der Waals surface area contributed by atoms with Crippen LogP contribution in [-0.2, 0) is 0 Å². The number of rotatable bonds is 4. The molecule has 6 heteroatoms. The SMILES string of the molecule is COc1cc2c(cc1OC)N(CCC#N)CC1(CCNCC1)N2. The minimum absolute atomic E-state index is 0.0628. The van der Waals surface area contributed by atoms with E-state index in [0.717, 1.165) is 61.9 Å². The van der Waals surface area contributed by atoms with E-state index in [1.165, 1.54) is 0 Å². The Balaban J connectivity index is 1.99. The van der Waals surface area contributed by atoms with Gasteiger partial charge in [0.1, 0.15) is 0 Å². The Morgan fingerprint density at radius 2 is 1.91 bits per heavy atom. The number of ether oxygens (including phenoxy) is 2. The Morgan fingerprint density at radius 3 is 2.57 bits per heavy atom. The van der Waals surface area contributed by atoms with Crippen molar-refractivity contribution in [3.05, 3.63) is 12.1 Å². The summed E-state index contributed by atoms with van der Waals surface area (Å²) >= 11 is 0. The minimum Gasteiger partial charge on any atom is -0.493 e. The van der Waals surface area contributed by atoms with Gasteiger partial charge < -0.3 is 25.0 Å². The summed E-state index contributed by atoms with van der Waals surface area (Å²) in [5.74, 6) is 1.45. The first kappa shape index (κ1) is 15.8. The number of nitrogens with one attached hydrogen (secondary N) is 2. The van der Waals surface area contributed by atoms with E-state index in [4.69, 9.17) is 14.7 Å². The molecule has 0 bridgehead atoms. The second-order valence-electron chi connectivity index (χ2n) is 6.21. The van der Waals surface area contributed by atoms with Crippen molar-refractivity contribution in [3.8, 4) is 17.6 Å². The summed E-state index contributed by atoms with van der Waals surface area (Å²) in [7, 11) is 3.30. The van der Waals surface area contributed by atoms with Crippen LogP contribution >= 0.6 is 0 Å². The third-order valence-electron chi connectivity index (χ3n) is 4.79. The van der Waals surface area contributed by atoms with E-state index in [-0.39, 0.29) is 5.54 Å². The molecule has 0 unspecified atom stereocenters. The minimum atomic E-state index is 0.0628. The molecule has 2 heterocycles. The number of hydrogen-bond donors (Lipinski definition) is 2. The number of nitrogens with zero attached hydrogens (tertiary/aromatic N) is 2. The number of benzene rings is 1. The third kappa shape index (κ3) is 3.02. The molecule has 0 amide bonds. The fraction of sp³-hybridized carbons (Fsp3) is 0.588. The lowest BCUT2D eigenvalue weighted by Crippen LogP contribution is -2.57. The second-order valence-corrected chi connectivity index (χ2v) is 6.21. The van der Waals surface area contributed by atoms with Crippen LogP contribution in [0.25, 0.3) is 0 Å². The quantitative estimate of drug-likeness (QED) is 0.885. The third-order valence-corrected chi connectivity index (χ3v) is 4.79. The number of methoxy groups -OCH3 is 2. The van der Waals surface area contributed by atoms with Gasteiger partial charge in [0.2, 0.25) is 0 Å². The lowest BCUT2D eigenvalue weighted by Gasteiger charge is -2.48. The zero-order chi connectivity index (χ0) is 16.3. The van der Waals surface area contributed by atoms with Crippen LogP contribution in [0.15, 0.2) is 12.1 Å². The van der Waals surface area contributed by atoms with Crippen LogP contribution < -0.4 is 25.0 Å². The molecule has 2 aliphatic rings. The van der Waals surface area contributed by atoms with Crippen LogP contribution in [0.3, 0.4) is 0 Å². The Kier molecular flexibility index (Phi) is 4.49. The van der Waals surface area contributed by atoms with E-state index in [9.17, 15) is 0 Å². The first-order chi connectivity index (χ1) is 11.2. The Hall–Kier alpha value is -2.13. The van der Waals surface area contributed by atoms with Crippen LogP contribution in [0.4, 0.5) is 11.4 Å². The van der Waals surface area contributed by atoms with Crippen molar-refractivity contribution < 1.29 is 9.47 Å². The molecule has 1 saturated heterocycles. The lowest BCUT2D eigenvalue weighted by atomic mass is 9.85. The zero-order valence-corrected chi connectivity index (χ0v) is 13.8. The number of anilines is 2. The molecule has 124 valence electrons. The normalized spacial score (nSPS) is 18.7. The standard InChI is InChI=1S/C17H24N4O2/c1-22-15-10-13-14(11-16(15)23-2)21(9-3-6-18)12-17(20-13)4-7-19-8-5-17/h10-11,19-20H,3-5,7-9,12H2,1-2H3. The fourth-order valence-corrected chi connectivity index (χ4v) is 3.58. The highest BCUT2D eigenvalue weighted by molar-refractivity contribution is 5.78. The second kappa shape index (κ2) is 6.55. The fourth-order valence-electron chi connectivity index (χ4n) is 3.58. The summed E-state index contributed by atoms with van der Waals surface area (Å²) in [4.78, 5) is 2.31. The average molecular weight is 316 g/mol. The molecular weight excluding hydrogens is 292 g/mol. The predicted octanol–water partition coefficient (Wildman–Crippen LogP) is 1.97. The van der Waals surface area contributed by atoms with Gasteiger partial charge in [-0.2, -0.15) is 5.26 Å². The maximum atomic E-state index is 8.98. The molecule has 0 saturated carbocycles. The van der Waals surface area contributed by atoms with Crippen LogP contribution in [0, 0.1) is 11.3 Å². The molecule has 0 aliphatic carbocycles. The summed E-state index contributed by atoms with van der Waals surface area (Å²) < 4.78 is 10.9. The van der Waals surface area contributed by atoms with Crippen molar-refractivity contribution in [3.63, 3.8) is 0 Å². The summed E-state index contributed by atoms with van der Waals surface area (Å²) in [5.41, 5.74) is 2.21. The van der Waals surface area contributed by atoms with E-state index in [1.54, 1.807) is 14.2 Å². The molecule has 6 nitrogen and oxygen atoms in total. The molecule has 1 aromatic carbocycles. The van der Waals surface area contributed by atoms with E-state index in [2.05, 4.69) is 21.6 Å². The van der Waals surface area contributed by atoms with Gasteiger partial charge in [-0.15, -0.1) is 0 Å². The smallest absolute Gasteiger partial charge is 0.162 e. The molecule has 3 rings (SSSR count). The lowest BCUT2D eigenvalue weighted by molar-refractivity contribution is 0.330. The van der Waals surface area contributed by atoms with Gasteiger partial charge in [0.25, 0.3) is 0 Å². The molecule has 23 heavy (non-hydrogen) atoms. The van der Waals surface area contributed by atoms with E-state index in [0.29, 0.717) is 6.42 Å². The van der Waals surface area contributed by atoms with Crippen molar-refractivity contribution in [2.75, 3.05) is 50.6 Å². The molecule has 1 spiro atoms. The molecule has 1 fully saturated rings. The van der Waals surface area contributed by atoms with Gasteiger partial charge >= 0.3 is 0 Å². The number of nitriles is 1. The number of fused-ring (bicyclic) bond motifs is 1. The predicted molar refractivity (Wildman–Crippen MR) is 90.4 cm³/mol. The van der Waals surface area contributed by atoms with Crippen LogP contribution in [0.1, 0.15) is 19.3 Å². The first-order valence-corrected chi connectivity index (χ1v) is 8.08. The monoisotopic (exact) mass is 316 g/mol. The van der Waals surface area contributed by atoms with Crippen LogP contribution in [-0.4, -0.2) is 45.9 Å². The molecule has 0 radical (unpaired) electrons. The van der Waals surface area contributed by atoms with Crippen LogP contribution in [0.5, 0.6) is 11.5 Å². The molecule has 0 aromatic heterocycles. The Bertz CT molecular complexity index is 605. The van der Waals surface area contributed by atoms with Crippen molar-refractivity contribution in [2.24, 2.45) is 0 Å². The highest BCUT2D eigenvalue weighted by Gasteiger charge is 2.38. The average Bonchev–Trinajstić information content (AvgIpc) is 2.59. The summed E-state index contributed by atoms with van der Waals surface area (Å²) in [6.07, 6.45) is 2.66. The number of piperidine rings is 1. The number of hydrogen-bond acceptors (Lipinski definition) is 6. The molecule has 2 N–H and O–H groups in total. The van der Waals surface area contributed by atoms with Gasteiger partial charge in [-0.25, -0.2) is 0 Å². The van der Waals surface area contributed by atoms with Crippen molar-refractivity contribution >= 4 is 11.4 Å². The van der Waals surface area contributed by atoms with Gasteiger partial charge in [-0.05, 0) is 25.9 Å². The van der Waals surface area contributed by atoms with Gasteiger partial charge in [-0.3, -0.25) is 0 Å². The summed E-state index contributed by atoms with van der Waals surface area (Å²) in [6, 6.07) is 6.27. The highest BCUT2D eigenvalue weighted by Crippen LogP contribution is 2.44. The van der Waals surface area contributed by atoms with Crippen LogP contribution in [0.2, 0.25) is 0 Å². The molecule has 1 aromatic rings. The van der Waals surface area contributed by atoms with Gasteiger partial charge in [-0.1, -0.05) is 0 Å². The first-order valence-electron chi connectivity index (χ1n) is 8.08. The van der Waals surface area contributed by atoms with Crippen molar-refractivity contribution in [2.45, 2.75) is 24.8 Å². The Morgan fingerprint density at radius 1 is 1.22 bits per heavy atom. The summed E-state index contributed by atoms with van der Waals surface area (Å²) in [6.45, 7) is 3.68. The Labute approximate surface area is 137 Å². The maximum Gasteiger partial charge on any atom is 0.162 e.